The first kappa shape index (κ1) is 61.2. The van der Waals surface area contributed by atoms with Gasteiger partial charge in [0, 0.05) is 24.8 Å². The summed E-state index contributed by atoms with van der Waals surface area (Å²) in [5.41, 5.74) is -7.54. The van der Waals surface area contributed by atoms with Crippen molar-refractivity contribution in [1.29, 1.82) is 0 Å². The maximum absolute atomic E-state index is 13.4. The maximum Gasteiger partial charge on any atom is 0.416 e. The molecule has 0 radical (unpaired) electrons. The first-order valence-corrected chi connectivity index (χ1v) is 25.6. The van der Waals surface area contributed by atoms with Gasteiger partial charge in [-0.25, -0.2) is 0 Å². The minimum Gasteiger partial charge on any atom is -0.373 e. The molecule has 4 aromatic rings. The Balaban J connectivity index is 0.000000231. The van der Waals surface area contributed by atoms with E-state index in [0.717, 1.165) is 11.1 Å². The Morgan fingerprint density at radius 2 is 0.912 bits per heavy atom. The zero-order valence-electron chi connectivity index (χ0n) is 44.0. The third-order valence-electron chi connectivity index (χ3n) is 15.5. The highest BCUT2D eigenvalue weighted by molar-refractivity contribution is 5.96. The van der Waals surface area contributed by atoms with Crippen LogP contribution < -0.4 is 5.32 Å². The van der Waals surface area contributed by atoms with Gasteiger partial charge in [0.15, 0.2) is 0 Å². The number of hydrogen-bond donors (Lipinski definition) is 1. The fourth-order valence-corrected chi connectivity index (χ4v) is 11.2. The number of carbonyl (C=O) groups is 4. The number of piperidine rings is 1. The molecule has 1 N–H and O–H groups in total. The van der Waals surface area contributed by atoms with E-state index >= 15 is 0 Å². The molecule has 23 heteroatoms. The molecular weight excluding hydrogens is 1080 g/mol. The second-order valence-corrected chi connectivity index (χ2v) is 21.2. The molecule has 3 aliphatic heterocycles. The largest absolute Gasteiger partial charge is 0.416 e. The molecule has 432 valence electrons. The van der Waals surface area contributed by atoms with Crippen LogP contribution in [0.2, 0.25) is 0 Å². The monoisotopic (exact) mass is 1140 g/mol. The van der Waals surface area contributed by atoms with Crippen LogP contribution in [0.4, 0.5) is 52.7 Å². The molecule has 2 fully saturated rings. The van der Waals surface area contributed by atoms with E-state index in [1.54, 1.807) is 17.0 Å². The van der Waals surface area contributed by atoms with E-state index in [1.165, 1.54) is 45.3 Å². The molecule has 0 unspecified atom stereocenters. The molecule has 2 amide bonds. The highest BCUT2D eigenvalue weighted by atomic mass is 19.4. The summed E-state index contributed by atoms with van der Waals surface area (Å²) >= 11 is 0. The summed E-state index contributed by atoms with van der Waals surface area (Å²) < 4.78 is 173. The Bertz CT molecular complexity index is 2670. The van der Waals surface area contributed by atoms with Crippen LogP contribution in [0, 0.1) is 0 Å². The predicted molar refractivity (Wildman–Crippen MR) is 270 cm³/mol. The van der Waals surface area contributed by atoms with Crippen LogP contribution in [-0.2, 0) is 64.3 Å². The third-order valence-corrected chi connectivity index (χ3v) is 15.5. The van der Waals surface area contributed by atoms with Crippen LogP contribution in [0.3, 0.4) is 0 Å². The number of aliphatic imine (C=N–C) groups is 2. The Kier molecular flexibility index (Phi) is 18.0. The van der Waals surface area contributed by atoms with Gasteiger partial charge < -0.3 is 14.8 Å². The minimum absolute atomic E-state index is 0.0129. The molecule has 11 nitrogen and oxygen atoms in total. The highest BCUT2D eigenvalue weighted by Gasteiger charge is 2.51. The molecule has 1 saturated carbocycles. The van der Waals surface area contributed by atoms with Gasteiger partial charge in [-0.05, 0) is 125 Å². The van der Waals surface area contributed by atoms with Crippen LogP contribution >= 0.6 is 0 Å². The average molecular weight is 1140 g/mol. The number of alkyl halides is 12. The predicted octanol–water partition coefficient (Wildman–Crippen LogP) is 12.6. The number of halogens is 12. The van der Waals surface area contributed by atoms with Gasteiger partial charge in [-0.3, -0.25) is 39.0 Å². The number of benzene rings is 4. The lowest BCUT2D eigenvalue weighted by Gasteiger charge is -2.50. The smallest absolute Gasteiger partial charge is 0.373 e. The first-order valence-electron chi connectivity index (χ1n) is 25.6. The van der Waals surface area contributed by atoms with Crippen molar-refractivity contribution >= 4 is 36.1 Å². The fraction of sp³-hybridized carbons (Fsp3) is 0.474. The number of nitrogens with zero attached hydrogens (tertiary/aromatic N) is 4. The van der Waals surface area contributed by atoms with Crippen molar-refractivity contribution in [3.05, 3.63) is 142 Å². The maximum atomic E-state index is 13.4. The summed E-state index contributed by atoms with van der Waals surface area (Å²) in [7, 11) is 0. The van der Waals surface area contributed by atoms with Crippen molar-refractivity contribution in [2.24, 2.45) is 9.98 Å². The SMILES string of the molecule is CC(=O)CC1(N2C=NCC2=O)CCC(CO[C@H](C)c2cc(C(F)(F)F)cc(C(F)(F)F)c2)(c2ccccc2)CC1.CC(=O)C[C@]1(N2C=NCC2=O)CC[C@@](CO[C@H](C)c2cc(C(F)(F)F)cc(C(F)(F)F)c2)(c2ccccc2)NC1. The van der Waals surface area contributed by atoms with E-state index in [1.807, 2.05) is 48.5 Å². The molecular formula is C57H59F12N5O6. The van der Waals surface area contributed by atoms with Crippen LogP contribution in [-0.4, -0.2) is 89.8 Å². The second kappa shape index (κ2) is 23.6. The van der Waals surface area contributed by atoms with E-state index in [9.17, 15) is 71.9 Å². The van der Waals surface area contributed by atoms with Crippen molar-refractivity contribution in [3.63, 3.8) is 0 Å². The number of amides is 2. The van der Waals surface area contributed by atoms with Gasteiger partial charge in [-0.1, -0.05) is 60.7 Å². The third kappa shape index (κ3) is 14.0. The van der Waals surface area contributed by atoms with E-state index in [-0.39, 0.29) is 92.3 Å². The summed E-state index contributed by atoms with van der Waals surface area (Å²) in [5.74, 6) is -0.610. The van der Waals surface area contributed by atoms with E-state index in [2.05, 4.69) is 15.3 Å². The molecule has 0 spiro atoms. The van der Waals surface area contributed by atoms with Crippen molar-refractivity contribution in [2.45, 2.75) is 138 Å². The number of rotatable bonds is 16. The van der Waals surface area contributed by atoms with Gasteiger partial charge in [0.25, 0.3) is 0 Å². The number of carbonyl (C=O) groups excluding carboxylic acids is 4. The van der Waals surface area contributed by atoms with E-state index in [4.69, 9.17) is 9.47 Å². The van der Waals surface area contributed by atoms with Gasteiger partial charge in [0.1, 0.15) is 24.7 Å². The number of ether oxygens (including phenoxy) is 2. The molecule has 8 rings (SSSR count). The Morgan fingerprint density at radius 3 is 1.27 bits per heavy atom. The van der Waals surface area contributed by atoms with Gasteiger partial charge in [0.2, 0.25) is 11.8 Å². The van der Waals surface area contributed by atoms with Crippen LogP contribution in [0.1, 0.15) is 136 Å². The molecule has 0 aromatic heterocycles. The Morgan fingerprint density at radius 1 is 0.537 bits per heavy atom. The lowest BCUT2D eigenvalue weighted by atomic mass is 9.63. The Hall–Kier alpha value is -6.46. The van der Waals surface area contributed by atoms with Gasteiger partial charge in [-0.2, -0.15) is 52.7 Å². The Labute approximate surface area is 453 Å². The quantitative estimate of drug-likeness (QED) is 0.111. The standard InChI is InChI=1S/C29H30F6N2O3.C28H29F6N3O3/c1-19(38)15-27(37-18-36-16-25(37)39)10-8-26(9-11-27,22-6-4-3-5-7-22)17-40-20(2)21-12-23(28(30,31)32)14-24(13-21)29(33,34)35;1-18(38)13-25(37-17-35-14-24(37)39)8-9-26(36-15-25,21-6-4-3-5-7-21)16-40-19(2)20-10-22(27(29,30)31)12-23(11-20)28(32,33)34/h3-7,12-14,18,20H,8-11,15-17H2,1-2H3;3-7,10-12,17,19,36H,8-9,13-16H2,1-2H3/t20-,26?,27?;19-,25-,26-/m11/s1. The van der Waals surface area contributed by atoms with Gasteiger partial charge in [-0.15, -0.1) is 0 Å². The second-order valence-electron chi connectivity index (χ2n) is 21.2. The lowest BCUT2D eigenvalue weighted by Crippen LogP contribution is -2.65. The molecule has 1 saturated heterocycles. The number of nitrogens with one attached hydrogen (secondary N) is 1. The summed E-state index contributed by atoms with van der Waals surface area (Å²) in [4.78, 5) is 60.6. The normalized spacial score (nSPS) is 24.4. The lowest BCUT2D eigenvalue weighted by molar-refractivity contribution is -0.145. The summed E-state index contributed by atoms with van der Waals surface area (Å²) in [6.07, 6.45) is -16.3. The minimum atomic E-state index is -4.97. The zero-order chi connectivity index (χ0) is 58.7. The molecule has 0 bridgehead atoms. The van der Waals surface area contributed by atoms with Gasteiger partial charge >= 0.3 is 24.7 Å². The summed E-state index contributed by atoms with van der Waals surface area (Å²) in [6.45, 7) is 5.86. The van der Waals surface area contributed by atoms with Crippen LogP contribution in [0.15, 0.2) is 107 Å². The van der Waals surface area contributed by atoms with E-state index in [0.29, 0.717) is 62.8 Å². The summed E-state index contributed by atoms with van der Waals surface area (Å²) in [6, 6.07) is 21.3. The molecule has 80 heavy (non-hydrogen) atoms. The average Bonchev–Trinajstić information content (AvgIpc) is 4.05. The molecule has 4 atom stereocenters. The molecule has 3 heterocycles. The molecule has 1 aliphatic carbocycles. The van der Waals surface area contributed by atoms with Crippen LogP contribution in [0.25, 0.3) is 0 Å². The van der Waals surface area contributed by atoms with Crippen molar-refractivity contribution in [3.8, 4) is 0 Å². The highest BCUT2D eigenvalue weighted by Crippen LogP contribution is 2.49. The summed E-state index contributed by atoms with van der Waals surface area (Å²) in [5, 5.41) is 3.43. The number of Topliss-reactive ketones (excluding diaryl/α,β-unsaturated/α-hetero) is 2. The van der Waals surface area contributed by atoms with Gasteiger partial charge in [0.05, 0.1) is 77.0 Å². The topological polar surface area (TPSA) is 130 Å². The first-order chi connectivity index (χ1) is 37.3. The number of hydrogen-bond acceptors (Lipinski definition) is 9. The van der Waals surface area contributed by atoms with E-state index < -0.39 is 81.2 Å². The van der Waals surface area contributed by atoms with Crippen molar-refractivity contribution < 1.29 is 81.3 Å². The zero-order valence-corrected chi connectivity index (χ0v) is 44.0. The van der Waals surface area contributed by atoms with Crippen LogP contribution in [0.5, 0.6) is 0 Å². The number of ketones is 2. The fourth-order valence-electron chi connectivity index (χ4n) is 11.2. The van der Waals surface area contributed by atoms with Crippen molar-refractivity contribution in [1.82, 2.24) is 15.1 Å². The molecule has 4 aromatic carbocycles. The molecule has 4 aliphatic rings. The van der Waals surface area contributed by atoms with Crippen molar-refractivity contribution in [2.75, 3.05) is 32.8 Å².